The van der Waals surface area contributed by atoms with Crippen molar-refractivity contribution >= 4 is 16.9 Å². The van der Waals surface area contributed by atoms with E-state index >= 15 is 0 Å². The highest BCUT2D eigenvalue weighted by Gasteiger charge is 2.01. The Hall–Kier alpha value is -1.97. The van der Waals surface area contributed by atoms with E-state index < -0.39 is 5.91 Å². The Balaban J connectivity index is 2.69. The molecule has 1 heterocycles. The first-order chi connectivity index (χ1) is 6.27. The number of nitrogens with two attached hydrogens (primary N) is 1. The zero-order chi connectivity index (χ0) is 9.26. The molecule has 0 bridgehead atoms. The summed E-state index contributed by atoms with van der Waals surface area (Å²) in [6.07, 6.45) is 3.18. The van der Waals surface area contributed by atoms with Gasteiger partial charge in [-0.1, -0.05) is 0 Å². The van der Waals surface area contributed by atoms with Crippen LogP contribution in [0.1, 0.15) is 10.4 Å². The summed E-state index contributed by atoms with van der Waals surface area (Å²) in [5, 5.41) is 0. The summed E-state index contributed by atoms with van der Waals surface area (Å²) >= 11 is 0. The number of carbonyl (C=O) groups is 1. The Morgan fingerprint density at radius 3 is 2.54 bits per heavy atom. The van der Waals surface area contributed by atoms with Crippen molar-refractivity contribution in [1.29, 1.82) is 0 Å². The van der Waals surface area contributed by atoms with Crippen molar-refractivity contribution in [3.8, 4) is 0 Å². The van der Waals surface area contributed by atoms with E-state index in [2.05, 4.69) is 9.97 Å². The molecule has 1 aromatic carbocycles. The third kappa shape index (κ3) is 1.33. The average molecular weight is 173 g/mol. The van der Waals surface area contributed by atoms with Gasteiger partial charge >= 0.3 is 0 Å². The van der Waals surface area contributed by atoms with Crippen LogP contribution in [0.5, 0.6) is 0 Å². The average Bonchev–Trinajstić information content (AvgIpc) is 2.17. The number of rotatable bonds is 1. The molecule has 0 radical (unpaired) electrons. The van der Waals surface area contributed by atoms with Gasteiger partial charge in [0.2, 0.25) is 5.91 Å². The number of carbonyl (C=O) groups excluding carboxylic acids is 1. The second-order valence-electron chi connectivity index (χ2n) is 2.62. The van der Waals surface area contributed by atoms with E-state index in [-0.39, 0.29) is 0 Å². The topological polar surface area (TPSA) is 68.9 Å². The number of primary amides is 1. The lowest BCUT2D eigenvalue weighted by Gasteiger charge is -1.97. The van der Waals surface area contributed by atoms with Crippen LogP contribution in [0, 0.1) is 0 Å². The van der Waals surface area contributed by atoms with Crippen molar-refractivity contribution < 1.29 is 4.79 Å². The lowest BCUT2D eigenvalue weighted by Crippen LogP contribution is -2.10. The molecule has 1 aromatic heterocycles. The van der Waals surface area contributed by atoms with E-state index in [0.29, 0.717) is 11.1 Å². The molecular formula is C9H7N3O. The first-order valence-corrected chi connectivity index (χ1v) is 3.78. The maximum atomic E-state index is 10.8. The van der Waals surface area contributed by atoms with Gasteiger partial charge in [-0.15, -0.1) is 0 Å². The van der Waals surface area contributed by atoms with Crippen LogP contribution in [0.4, 0.5) is 0 Å². The molecule has 0 fully saturated rings. The van der Waals surface area contributed by atoms with E-state index in [9.17, 15) is 4.79 Å². The minimum Gasteiger partial charge on any atom is -0.366 e. The minimum absolute atomic E-state index is 0.451. The standard InChI is InChI=1S/C9H7N3O/c10-9(13)6-1-2-7-8(5-6)12-4-3-11-7/h1-5H,(H2,10,13). The van der Waals surface area contributed by atoms with E-state index in [1.54, 1.807) is 30.6 Å². The van der Waals surface area contributed by atoms with Gasteiger partial charge in [0, 0.05) is 18.0 Å². The molecule has 0 saturated heterocycles. The summed E-state index contributed by atoms with van der Waals surface area (Å²) in [6, 6.07) is 4.99. The smallest absolute Gasteiger partial charge is 0.248 e. The summed E-state index contributed by atoms with van der Waals surface area (Å²) in [4.78, 5) is 18.9. The molecule has 4 nitrogen and oxygen atoms in total. The molecule has 2 rings (SSSR count). The molecule has 0 aliphatic heterocycles. The van der Waals surface area contributed by atoms with Gasteiger partial charge in [-0.25, -0.2) is 0 Å². The summed E-state index contributed by atoms with van der Waals surface area (Å²) in [7, 11) is 0. The first kappa shape index (κ1) is 7.67. The molecule has 0 aliphatic rings. The second-order valence-corrected chi connectivity index (χ2v) is 2.62. The summed E-state index contributed by atoms with van der Waals surface area (Å²) in [5.74, 6) is -0.451. The van der Waals surface area contributed by atoms with Crippen LogP contribution in [0.25, 0.3) is 11.0 Å². The maximum absolute atomic E-state index is 10.8. The van der Waals surface area contributed by atoms with Crippen LogP contribution in [-0.4, -0.2) is 15.9 Å². The van der Waals surface area contributed by atoms with Crippen LogP contribution >= 0.6 is 0 Å². The van der Waals surface area contributed by atoms with Crippen LogP contribution in [0.15, 0.2) is 30.6 Å². The number of aromatic nitrogens is 2. The normalized spacial score (nSPS) is 10.2. The van der Waals surface area contributed by atoms with Gasteiger partial charge in [0.25, 0.3) is 0 Å². The van der Waals surface area contributed by atoms with Gasteiger partial charge in [-0.05, 0) is 18.2 Å². The fraction of sp³-hybridized carbons (Fsp3) is 0. The maximum Gasteiger partial charge on any atom is 0.248 e. The fourth-order valence-electron chi connectivity index (χ4n) is 1.12. The molecule has 1 amide bonds. The van der Waals surface area contributed by atoms with Crippen molar-refractivity contribution in [2.24, 2.45) is 5.73 Å². The zero-order valence-corrected chi connectivity index (χ0v) is 6.77. The van der Waals surface area contributed by atoms with Crippen molar-refractivity contribution in [1.82, 2.24) is 9.97 Å². The Morgan fingerprint density at radius 2 is 1.85 bits per heavy atom. The monoisotopic (exact) mass is 173 g/mol. The van der Waals surface area contributed by atoms with Crippen LogP contribution in [-0.2, 0) is 0 Å². The predicted molar refractivity (Wildman–Crippen MR) is 48.1 cm³/mol. The number of benzene rings is 1. The molecule has 0 spiro atoms. The Kier molecular flexibility index (Phi) is 1.66. The van der Waals surface area contributed by atoms with Gasteiger partial charge in [0.05, 0.1) is 11.0 Å². The Bertz CT molecular complexity index is 467. The van der Waals surface area contributed by atoms with Gasteiger partial charge < -0.3 is 5.73 Å². The van der Waals surface area contributed by atoms with Crippen molar-refractivity contribution in [2.45, 2.75) is 0 Å². The van der Waals surface area contributed by atoms with E-state index in [4.69, 9.17) is 5.73 Å². The lowest BCUT2D eigenvalue weighted by atomic mass is 10.2. The van der Waals surface area contributed by atoms with Crippen molar-refractivity contribution in [3.63, 3.8) is 0 Å². The fourth-order valence-corrected chi connectivity index (χ4v) is 1.12. The third-order valence-corrected chi connectivity index (χ3v) is 1.75. The molecule has 0 atom stereocenters. The van der Waals surface area contributed by atoms with Crippen LogP contribution in [0.3, 0.4) is 0 Å². The lowest BCUT2D eigenvalue weighted by molar-refractivity contribution is 0.100. The Labute approximate surface area is 74.4 Å². The number of amides is 1. The van der Waals surface area contributed by atoms with Crippen molar-refractivity contribution in [3.05, 3.63) is 36.2 Å². The highest BCUT2D eigenvalue weighted by atomic mass is 16.1. The highest BCUT2D eigenvalue weighted by Crippen LogP contribution is 2.09. The molecule has 0 unspecified atom stereocenters. The van der Waals surface area contributed by atoms with Gasteiger partial charge in [0.1, 0.15) is 0 Å². The third-order valence-electron chi connectivity index (χ3n) is 1.75. The predicted octanol–water partition coefficient (Wildman–Crippen LogP) is 0.729. The molecule has 2 aromatic rings. The van der Waals surface area contributed by atoms with Gasteiger partial charge in [-0.2, -0.15) is 0 Å². The largest absolute Gasteiger partial charge is 0.366 e. The quantitative estimate of drug-likeness (QED) is 0.691. The molecule has 0 aliphatic carbocycles. The molecule has 0 saturated carbocycles. The minimum atomic E-state index is -0.451. The molecule has 13 heavy (non-hydrogen) atoms. The molecule has 64 valence electrons. The number of hydrogen-bond donors (Lipinski definition) is 1. The summed E-state index contributed by atoms with van der Waals surface area (Å²) < 4.78 is 0. The van der Waals surface area contributed by atoms with Crippen LogP contribution in [0.2, 0.25) is 0 Å². The highest BCUT2D eigenvalue weighted by molar-refractivity contribution is 5.95. The zero-order valence-electron chi connectivity index (χ0n) is 6.77. The molecular weight excluding hydrogens is 166 g/mol. The number of fused-ring (bicyclic) bond motifs is 1. The summed E-state index contributed by atoms with van der Waals surface area (Å²) in [5.41, 5.74) is 7.01. The van der Waals surface area contributed by atoms with Crippen molar-refractivity contribution in [2.75, 3.05) is 0 Å². The molecule has 2 N–H and O–H groups in total. The van der Waals surface area contributed by atoms with E-state index in [0.717, 1.165) is 5.52 Å². The van der Waals surface area contributed by atoms with Crippen LogP contribution < -0.4 is 5.73 Å². The van der Waals surface area contributed by atoms with Gasteiger partial charge in [-0.3, -0.25) is 14.8 Å². The SMILES string of the molecule is NC(=O)c1ccc2nccnc2c1. The van der Waals surface area contributed by atoms with E-state index in [1.165, 1.54) is 0 Å². The van der Waals surface area contributed by atoms with E-state index in [1.807, 2.05) is 0 Å². The Morgan fingerprint density at radius 1 is 1.15 bits per heavy atom. The molecule has 4 heteroatoms. The number of hydrogen-bond acceptors (Lipinski definition) is 3. The van der Waals surface area contributed by atoms with Gasteiger partial charge in [0.15, 0.2) is 0 Å². The number of nitrogens with zero attached hydrogens (tertiary/aromatic N) is 2. The summed E-state index contributed by atoms with van der Waals surface area (Å²) in [6.45, 7) is 0. The first-order valence-electron chi connectivity index (χ1n) is 3.78. The second kappa shape index (κ2) is 2.82.